The number of benzene rings is 7. The SMILES string of the molecule is Cc1ccc2c3c(cccc13)Cc1cc3c4ccc(C)c5cccc(c6cccc(c1-2)c63)c54. The van der Waals surface area contributed by atoms with Gasteiger partial charge in [-0.1, -0.05) is 78.9 Å². The largest absolute Gasteiger partial charge is 0.0613 e. The summed E-state index contributed by atoms with van der Waals surface area (Å²) in [5, 5.41) is 13.9. The second-order valence-electron chi connectivity index (χ2n) is 9.79. The van der Waals surface area contributed by atoms with Gasteiger partial charge in [-0.2, -0.15) is 0 Å². The van der Waals surface area contributed by atoms with E-state index in [1.165, 1.54) is 87.2 Å². The number of hydrogen-bond acceptors (Lipinski definition) is 0. The summed E-state index contributed by atoms with van der Waals surface area (Å²) in [5.41, 5.74) is 8.43. The van der Waals surface area contributed by atoms with Crippen LogP contribution in [0.3, 0.4) is 0 Å². The fourth-order valence-electron chi connectivity index (χ4n) is 6.63. The van der Waals surface area contributed by atoms with Crippen LogP contribution in [0.5, 0.6) is 0 Å². The van der Waals surface area contributed by atoms with E-state index in [2.05, 4.69) is 98.8 Å². The lowest BCUT2D eigenvalue weighted by molar-refractivity contribution is 1.21. The van der Waals surface area contributed by atoms with Crippen molar-refractivity contribution in [3.05, 3.63) is 107 Å². The molecule has 0 aromatic heterocycles. The number of aryl methyl sites for hydroxylation is 2. The minimum Gasteiger partial charge on any atom is -0.0613 e. The third-order valence-corrected chi connectivity index (χ3v) is 8.08. The molecule has 33 heavy (non-hydrogen) atoms. The van der Waals surface area contributed by atoms with Gasteiger partial charge in [0.15, 0.2) is 0 Å². The summed E-state index contributed by atoms with van der Waals surface area (Å²) in [6.07, 6.45) is 0.993. The van der Waals surface area contributed by atoms with E-state index in [-0.39, 0.29) is 0 Å². The van der Waals surface area contributed by atoms with Crippen molar-refractivity contribution in [2.24, 2.45) is 0 Å². The minimum atomic E-state index is 0.993. The average molecular weight is 419 g/mol. The first-order chi connectivity index (χ1) is 16.2. The topological polar surface area (TPSA) is 0 Å². The van der Waals surface area contributed by atoms with Gasteiger partial charge in [-0.05, 0) is 114 Å². The zero-order valence-corrected chi connectivity index (χ0v) is 18.8. The summed E-state index contributed by atoms with van der Waals surface area (Å²) < 4.78 is 0. The molecular formula is C33H22. The lowest BCUT2D eigenvalue weighted by Crippen LogP contribution is -2.03. The van der Waals surface area contributed by atoms with Crippen molar-refractivity contribution in [1.82, 2.24) is 0 Å². The predicted molar refractivity (Wildman–Crippen MR) is 143 cm³/mol. The zero-order chi connectivity index (χ0) is 21.8. The van der Waals surface area contributed by atoms with E-state index in [4.69, 9.17) is 0 Å². The van der Waals surface area contributed by atoms with Crippen LogP contribution < -0.4 is 0 Å². The highest BCUT2D eigenvalue weighted by atomic mass is 14.3. The molecule has 0 saturated carbocycles. The Bertz CT molecular complexity index is 1950. The Morgan fingerprint density at radius 3 is 1.82 bits per heavy atom. The van der Waals surface area contributed by atoms with Crippen LogP contribution in [0.4, 0.5) is 0 Å². The molecule has 0 fully saturated rings. The molecule has 0 unspecified atom stereocenters. The molecule has 0 saturated heterocycles. The summed E-state index contributed by atoms with van der Waals surface area (Å²) in [4.78, 5) is 0. The average Bonchev–Trinajstić information content (AvgIpc) is 2.85. The molecule has 0 heteroatoms. The van der Waals surface area contributed by atoms with Crippen LogP contribution in [0.1, 0.15) is 22.3 Å². The normalized spacial score (nSPS) is 13.0. The third-order valence-electron chi connectivity index (χ3n) is 8.08. The highest BCUT2D eigenvalue weighted by Crippen LogP contribution is 2.49. The van der Waals surface area contributed by atoms with E-state index >= 15 is 0 Å². The molecule has 0 radical (unpaired) electrons. The van der Waals surface area contributed by atoms with Gasteiger partial charge >= 0.3 is 0 Å². The number of rotatable bonds is 0. The zero-order valence-electron chi connectivity index (χ0n) is 18.8. The Kier molecular flexibility index (Phi) is 3.16. The number of fused-ring (bicyclic) bond motifs is 5. The van der Waals surface area contributed by atoms with Gasteiger partial charge in [0.05, 0.1) is 0 Å². The van der Waals surface area contributed by atoms with Crippen molar-refractivity contribution in [2.45, 2.75) is 20.3 Å². The summed E-state index contributed by atoms with van der Waals surface area (Å²) in [7, 11) is 0. The molecular weight excluding hydrogens is 396 g/mol. The maximum atomic E-state index is 2.50. The van der Waals surface area contributed by atoms with E-state index in [1.807, 2.05) is 0 Å². The second kappa shape index (κ2) is 5.91. The molecule has 0 atom stereocenters. The second-order valence-corrected chi connectivity index (χ2v) is 9.79. The third kappa shape index (κ3) is 2.07. The van der Waals surface area contributed by atoms with Crippen LogP contribution in [0, 0.1) is 13.8 Å². The Morgan fingerprint density at radius 2 is 1.03 bits per heavy atom. The Morgan fingerprint density at radius 1 is 0.455 bits per heavy atom. The fraction of sp³-hybridized carbons (Fsp3) is 0.0909. The van der Waals surface area contributed by atoms with Crippen molar-refractivity contribution in [1.29, 1.82) is 0 Å². The van der Waals surface area contributed by atoms with Gasteiger partial charge in [-0.3, -0.25) is 0 Å². The Balaban J connectivity index is 1.66. The molecule has 0 heterocycles. The van der Waals surface area contributed by atoms with Crippen LogP contribution in [-0.4, -0.2) is 0 Å². The molecule has 0 aliphatic heterocycles. The van der Waals surface area contributed by atoms with Gasteiger partial charge in [-0.15, -0.1) is 0 Å². The molecule has 7 aromatic carbocycles. The van der Waals surface area contributed by atoms with Crippen LogP contribution in [-0.2, 0) is 6.42 Å². The summed E-state index contributed by atoms with van der Waals surface area (Å²) in [6.45, 7) is 4.46. The molecule has 0 nitrogen and oxygen atoms in total. The van der Waals surface area contributed by atoms with Crippen LogP contribution in [0.15, 0.2) is 84.9 Å². The standard InChI is InChI=1S/C33H22/c1-18-13-15-28-30-20(6-3-7-22(18)30)16-21-17-29-26-14-12-19(2)23-8-4-9-24(32(23)26)25-10-5-11-27(31(21)28)33(25)29/h3-15,17H,16H2,1-2H3. The van der Waals surface area contributed by atoms with Crippen LogP contribution in [0.25, 0.3) is 65.0 Å². The molecule has 8 rings (SSSR count). The molecule has 0 spiro atoms. The van der Waals surface area contributed by atoms with Crippen LogP contribution in [0.2, 0.25) is 0 Å². The van der Waals surface area contributed by atoms with Gasteiger partial charge in [0, 0.05) is 0 Å². The molecule has 0 bridgehead atoms. The van der Waals surface area contributed by atoms with Crippen molar-refractivity contribution in [3.8, 4) is 11.1 Å². The van der Waals surface area contributed by atoms with Gasteiger partial charge < -0.3 is 0 Å². The summed E-state index contributed by atoms with van der Waals surface area (Å²) >= 11 is 0. The fourth-order valence-corrected chi connectivity index (χ4v) is 6.63. The summed E-state index contributed by atoms with van der Waals surface area (Å²) in [6, 6.07) is 32.3. The van der Waals surface area contributed by atoms with Crippen molar-refractivity contribution in [2.75, 3.05) is 0 Å². The van der Waals surface area contributed by atoms with Crippen molar-refractivity contribution < 1.29 is 0 Å². The maximum Gasteiger partial charge on any atom is -0.00128 e. The highest BCUT2D eigenvalue weighted by molar-refractivity contribution is 6.35. The summed E-state index contributed by atoms with van der Waals surface area (Å²) in [5.74, 6) is 0. The molecule has 7 aromatic rings. The Hall–Kier alpha value is -3.90. The van der Waals surface area contributed by atoms with Gasteiger partial charge in [0.25, 0.3) is 0 Å². The van der Waals surface area contributed by atoms with Crippen molar-refractivity contribution >= 4 is 53.9 Å². The number of hydrogen-bond donors (Lipinski definition) is 0. The van der Waals surface area contributed by atoms with E-state index < -0.39 is 0 Å². The first-order valence-electron chi connectivity index (χ1n) is 11.8. The quantitative estimate of drug-likeness (QED) is 0.170. The Labute approximate surface area is 192 Å². The monoisotopic (exact) mass is 418 g/mol. The van der Waals surface area contributed by atoms with Gasteiger partial charge in [-0.25, -0.2) is 0 Å². The molecule has 0 amide bonds. The van der Waals surface area contributed by atoms with E-state index in [9.17, 15) is 0 Å². The smallest absolute Gasteiger partial charge is 0.00128 e. The minimum absolute atomic E-state index is 0.993. The first-order valence-corrected chi connectivity index (χ1v) is 11.8. The van der Waals surface area contributed by atoms with E-state index in [0.717, 1.165) is 6.42 Å². The van der Waals surface area contributed by atoms with Gasteiger partial charge in [0.1, 0.15) is 0 Å². The molecule has 1 aliphatic carbocycles. The molecule has 1 aliphatic rings. The lowest BCUT2D eigenvalue weighted by atomic mass is 9.78. The predicted octanol–water partition coefficient (Wildman–Crippen LogP) is 9.08. The van der Waals surface area contributed by atoms with E-state index in [0.29, 0.717) is 0 Å². The molecule has 0 N–H and O–H groups in total. The first kappa shape index (κ1) is 17.6. The van der Waals surface area contributed by atoms with Gasteiger partial charge in [0.2, 0.25) is 0 Å². The van der Waals surface area contributed by atoms with E-state index in [1.54, 1.807) is 0 Å². The maximum absolute atomic E-state index is 2.50. The van der Waals surface area contributed by atoms with Crippen molar-refractivity contribution in [3.63, 3.8) is 0 Å². The van der Waals surface area contributed by atoms with Crippen LogP contribution >= 0.6 is 0 Å². The highest BCUT2D eigenvalue weighted by Gasteiger charge is 2.24. The lowest BCUT2D eigenvalue weighted by Gasteiger charge is -2.25. The molecule has 154 valence electrons.